The van der Waals surface area contributed by atoms with E-state index in [0.717, 1.165) is 12.0 Å². The molecule has 0 radical (unpaired) electrons. The third-order valence-corrected chi connectivity index (χ3v) is 4.66. The summed E-state index contributed by atoms with van der Waals surface area (Å²) in [6.45, 7) is 1.93. The van der Waals surface area contributed by atoms with Crippen molar-refractivity contribution in [1.82, 2.24) is 0 Å². The molecule has 3 rings (SSSR count). The van der Waals surface area contributed by atoms with Crippen molar-refractivity contribution in [2.24, 2.45) is 23.7 Å². The number of nitrogens with one attached hydrogen (secondary N) is 1. The minimum Gasteiger partial charge on any atom is -0.495 e. The molecule has 5 nitrogen and oxygen atoms in total. The summed E-state index contributed by atoms with van der Waals surface area (Å²) in [5.74, 6) is -1.73. The van der Waals surface area contributed by atoms with Crippen molar-refractivity contribution in [2.45, 2.75) is 13.3 Å². The van der Waals surface area contributed by atoms with E-state index in [-0.39, 0.29) is 17.7 Å². The van der Waals surface area contributed by atoms with E-state index in [1.807, 2.05) is 31.2 Å². The number of fused-ring (bicyclic) bond motifs is 2. The van der Waals surface area contributed by atoms with E-state index in [2.05, 4.69) is 5.32 Å². The fourth-order valence-corrected chi connectivity index (χ4v) is 3.65. The quantitative estimate of drug-likeness (QED) is 0.838. The van der Waals surface area contributed by atoms with Crippen LogP contribution in [0.25, 0.3) is 0 Å². The third kappa shape index (κ3) is 2.36. The Balaban J connectivity index is 1.84. The first-order valence-electron chi connectivity index (χ1n) is 7.38. The van der Waals surface area contributed by atoms with E-state index in [9.17, 15) is 14.7 Å². The average molecular weight is 301 g/mol. The zero-order valence-corrected chi connectivity index (χ0v) is 12.6. The first-order valence-corrected chi connectivity index (χ1v) is 7.38. The number of carbonyl (C=O) groups excluding carboxylic acids is 1. The second-order valence-electron chi connectivity index (χ2n) is 6.03. The summed E-state index contributed by atoms with van der Waals surface area (Å²) in [7, 11) is 1.54. The van der Waals surface area contributed by atoms with Crippen LogP contribution in [-0.2, 0) is 9.59 Å². The predicted molar refractivity (Wildman–Crippen MR) is 81.7 cm³/mol. The molecule has 0 unspecified atom stereocenters. The van der Waals surface area contributed by atoms with Gasteiger partial charge in [0.15, 0.2) is 0 Å². The second kappa shape index (κ2) is 5.48. The maximum Gasteiger partial charge on any atom is 0.307 e. The molecule has 0 heterocycles. The number of amides is 1. The van der Waals surface area contributed by atoms with E-state index in [0.29, 0.717) is 11.4 Å². The number of carboxylic acid groups (broad SMARTS) is 1. The van der Waals surface area contributed by atoms with E-state index < -0.39 is 17.8 Å². The average Bonchev–Trinajstić information content (AvgIpc) is 3.08. The summed E-state index contributed by atoms with van der Waals surface area (Å²) < 4.78 is 5.26. The van der Waals surface area contributed by atoms with Crippen LogP contribution in [-0.4, -0.2) is 24.1 Å². The van der Waals surface area contributed by atoms with Crippen LogP contribution >= 0.6 is 0 Å². The van der Waals surface area contributed by atoms with E-state index in [1.54, 1.807) is 13.2 Å². The number of aryl methyl sites for hydroxylation is 1. The topological polar surface area (TPSA) is 75.6 Å². The number of carbonyl (C=O) groups is 2. The van der Waals surface area contributed by atoms with Gasteiger partial charge in [-0.3, -0.25) is 9.59 Å². The van der Waals surface area contributed by atoms with Crippen LogP contribution in [0.3, 0.4) is 0 Å². The van der Waals surface area contributed by atoms with Gasteiger partial charge in [0, 0.05) is 0 Å². The summed E-state index contributed by atoms with van der Waals surface area (Å²) in [5.41, 5.74) is 1.59. The minimum absolute atomic E-state index is 0.0157. The van der Waals surface area contributed by atoms with Crippen molar-refractivity contribution in [1.29, 1.82) is 0 Å². The van der Waals surface area contributed by atoms with Crippen LogP contribution in [0, 0.1) is 30.6 Å². The number of ether oxygens (including phenoxy) is 1. The first-order chi connectivity index (χ1) is 10.5. The maximum absolute atomic E-state index is 12.6. The number of carboxylic acids is 1. The molecule has 1 amide bonds. The molecule has 1 fully saturated rings. The van der Waals surface area contributed by atoms with Crippen LogP contribution < -0.4 is 10.1 Å². The summed E-state index contributed by atoms with van der Waals surface area (Å²) in [6.07, 6.45) is 4.66. The zero-order valence-electron chi connectivity index (χ0n) is 12.6. The summed E-state index contributed by atoms with van der Waals surface area (Å²) in [6, 6.07) is 5.52. The highest BCUT2D eigenvalue weighted by molar-refractivity contribution is 5.97. The molecule has 116 valence electrons. The highest BCUT2D eigenvalue weighted by atomic mass is 16.5. The largest absolute Gasteiger partial charge is 0.495 e. The molecule has 22 heavy (non-hydrogen) atoms. The fraction of sp³-hybridized carbons (Fsp3) is 0.412. The van der Waals surface area contributed by atoms with Crippen molar-refractivity contribution in [2.75, 3.05) is 12.4 Å². The number of aliphatic carboxylic acids is 1. The molecule has 0 aromatic heterocycles. The van der Waals surface area contributed by atoms with Gasteiger partial charge in [-0.15, -0.1) is 0 Å². The number of allylic oxidation sites excluding steroid dienone is 2. The van der Waals surface area contributed by atoms with Gasteiger partial charge in [0.1, 0.15) is 5.75 Å². The Hall–Kier alpha value is -2.30. The van der Waals surface area contributed by atoms with Gasteiger partial charge in [-0.05, 0) is 42.9 Å². The molecule has 0 saturated heterocycles. The maximum atomic E-state index is 12.6. The molecule has 2 bridgehead atoms. The molecule has 2 aliphatic rings. The lowest BCUT2D eigenvalue weighted by Crippen LogP contribution is -2.36. The molecule has 2 N–H and O–H groups in total. The van der Waals surface area contributed by atoms with Gasteiger partial charge < -0.3 is 15.2 Å². The normalized spacial score (nSPS) is 28.6. The van der Waals surface area contributed by atoms with Gasteiger partial charge in [0.05, 0.1) is 24.6 Å². The van der Waals surface area contributed by atoms with Gasteiger partial charge in [-0.2, -0.15) is 0 Å². The van der Waals surface area contributed by atoms with Crippen LogP contribution in [0.1, 0.15) is 12.0 Å². The van der Waals surface area contributed by atoms with Gasteiger partial charge in [0.25, 0.3) is 0 Å². The summed E-state index contributed by atoms with van der Waals surface area (Å²) in [5, 5.41) is 12.3. The highest BCUT2D eigenvalue weighted by Crippen LogP contribution is 2.48. The molecule has 5 heteroatoms. The summed E-state index contributed by atoms with van der Waals surface area (Å²) >= 11 is 0. The Bertz CT molecular complexity index is 652. The van der Waals surface area contributed by atoms with E-state index >= 15 is 0 Å². The smallest absolute Gasteiger partial charge is 0.307 e. The van der Waals surface area contributed by atoms with Gasteiger partial charge in [0.2, 0.25) is 5.91 Å². The Kier molecular flexibility index (Phi) is 3.64. The van der Waals surface area contributed by atoms with Crippen molar-refractivity contribution in [3.05, 3.63) is 35.9 Å². The van der Waals surface area contributed by atoms with E-state index in [4.69, 9.17) is 4.74 Å². The van der Waals surface area contributed by atoms with Gasteiger partial charge in [-0.1, -0.05) is 18.2 Å². The molecule has 2 aliphatic carbocycles. The van der Waals surface area contributed by atoms with E-state index in [1.165, 1.54) is 0 Å². The second-order valence-corrected chi connectivity index (χ2v) is 6.03. The number of anilines is 1. The van der Waals surface area contributed by atoms with Crippen LogP contribution in [0.5, 0.6) is 5.75 Å². The van der Waals surface area contributed by atoms with Crippen molar-refractivity contribution in [3.63, 3.8) is 0 Å². The summed E-state index contributed by atoms with van der Waals surface area (Å²) in [4.78, 5) is 24.1. The Labute approximate surface area is 129 Å². The third-order valence-electron chi connectivity index (χ3n) is 4.66. The van der Waals surface area contributed by atoms with Crippen molar-refractivity contribution in [3.8, 4) is 5.75 Å². The first kappa shape index (κ1) is 14.6. The lowest BCUT2D eigenvalue weighted by Gasteiger charge is -2.24. The molecular formula is C17H19NO4. The minimum atomic E-state index is -0.895. The van der Waals surface area contributed by atoms with Crippen molar-refractivity contribution < 1.29 is 19.4 Å². The number of rotatable bonds is 4. The highest BCUT2D eigenvalue weighted by Gasteiger charge is 2.51. The van der Waals surface area contributed by atoms with Crippen molar-refractivity contribution >= 4 is 17.6 Å². The lowest BCUT2D eigenvalue weighted by atomic mass is 9.82. The SMILES string of the molecule is COc1ccc(C)cc1NC(=O)[C@@H]1[C@@H](C(=O)O)[C@H]2C=C[C@@H]1C2. The molecule has 0 aliphatic heterocycles. The standard InChI is InChI=1S/C17H19NO4/c1-9-3-6-13(22-2)12(7-9)18-16(19)14-10-4-5-11(8-10)15(14)17(20)21/h3-7,10-11,14-15H,8H2,1-2H3,(H,18,19)(H,20,21)/t10-,11+,14+,15+/m1/s1. The molecule has 0 spiro atoms. The zero-order chi connectivity index (χ0) is 15.9. The van der Waals surface area contributed by atoms with Crippen LogP contribution in [0.2, 0.25) is 0 Å². The number of methoxy groups -OCH3 is 1. The Morgan fingerprint density at radius 1 is 1.23 bits per heavy atom. The molecule has 4 atom stereocenters. The molecule has 1 aromatic carbocycles. The van der Waals surface area contributed by atoms with Gasteiger partial charge in [-0.25, -0.2) is 0 Å². The number of hydrogen-bond acceptors (Lipinski definition) is 3. The molecular weight excluding hydrogens is 282 g/mol. The molecule has 1 aromatic rings. The molecule has 1 saturated carbocycles. The van der Waals surface area contributed by atoms with Crippen LogP contribution in [0.4, 0.5) is 5.69 Å². The lowest BCUT2D eigenvalue weighted by molar-refractivity contribution is -0.146. The van der Waals surface area contributed by atoms with Gasteiger partial charge >= 0.3 is 5.97 Å². The van der Waals surface area contributed by atoms with Crippen LogP contribution in [0.15, 0.2) is 30.4 Å². The monoisotopic (exact) mass is 301 g/mol. The number of benzene rings is 1. The Morgan fingerprint density at radius 3 is 2.55 bits per heavy atom. The fourth-order valence-electron chi connectivity index (χ4n) is 3.65. The Morgan fingerprint density at radius 2 is 1.91 bits per heavy atom. The number of hydrogen-bond donors (Lipinski definition) is 2. The predicted octanol–water partition coefficient (Wildman–Crippen LogP) is 2.47.